The molecule has 3 aliphatic carbocycles. The fourth-order valence-electron chi connectivity index (χ4n) is 6.10. The number of hydrogen-bond donors (Lipinski definition) is 3. The van der Waals surface area contributed by atoms with Crippen LogP contribution in [0.25, 0.3) is 0 Å². The van der Waals surface area contributed by atoms with Crippen LogP contribution < -0.4 is 10.6 Å². The molecule has 0 saturated heterocycles. The molecule has 1 aromatic rings. The van der Waals surface area contributed by atoms with Crippen LogP contribution in [0, 0.1) is 11.3 Å². The smallest absolute Gasteiger partial charge is 0.408 e. The molecule has 3 atom stereocenters. The Kier molecular flexibility index (Phi) is 13.3. The molecule has 11 nitrogen and oxygen atoms in total. The van der Waals surface area contributed by atoms with E-state index in [0.717, 1.165) is 38.5 Å². The van der Waals surface area contributed by atoms with Gasteiger partial charge < -0.3 is 34.4 Å². The summed E-state index contributed by atoms with van der Waals surface area (Å²) in [5, 5.41) is 17.3. The fourth-order valence-corrected chi connectivity index (χ4v) is 8.08. The van der Waals surface area contributed by atoms with Crippen LogP contribution in [0.3, 0.4) is 0 Å². The minimum absolute atomic E-state index is 0.0117. The van der Waals surface area contributed by atoms with Crippen LogP contribution in [0.15, 0.2) is 24.3 Å². The number of nitrogens with zero attached hydrogens (tertiary/aromatic N) is 1. The number of carbonyl (C=O) groups excluding carboxylic acids is 3. The van der Waals surface area contributed by atoms with E-state index in [1.807, 2.05) is 0 Å². The first-order valence-corrected chi connectivity index (χ1v) is 17.1. The van der Waals surface area contributed by atoms with Crippen molar-refractivity contribution in [3.63, 3.8) is 0 Å². The van der Waals surface area contributed by atoms with Crippen molar-refractivity contribution in [3.05, 3.63) is 34.9 Å². The van der Waals surface area contributed by atoms with Gasteiger partial charge in [0.1, 0.15) is 12.6 Å². The number of rotatable bonds is 16. The van der Waals surface area contributed by atoms with Crippen molar-refractivity contribution < 1.29 is 37.8 Å². The molecule has 4 rings (SSSR count). The third-order valence-electron chi connectivity index (χ3n) is 8.55. The van der Waals surface area contributed by atoms with Crippen molar-refractivity contribution in [1.29, 1.82) is 0 Å². The molecule has 13 heteroatoms. The second-order valence-corrected chi connectivity index (χ2v) is 14.4. The van der Waals surface area contributed by atoms with Gasteiger partial charge in [-0.15, -0.1) is 0 Å². The van der Waals surface area contributed by atoms with Gasteiger partial charge in [0.15, 0.2) is 5.85 Å². The van der Waals surface area contributed by atoms with E-state index >= 15 is 0 Å². The summed E-state index contributed by atoms with van der Waals surface area (Å²) in [6.07, 6.45) is 5.75. The normalized spacial score (nSPS) is 21.9. The van der Waals surface area contributed by atoms with Crippen molar-refractivity contribution in [2.45, 2.75) is 96.2 Å². The van der Waals surface area contributed by atoms with Gasteiger partial charge in [-0.25, -0.2) is 4.79 Å². The van der Waals surface area contributed by atoms with Gasteiger partial charge in [-0.05, 0) is 94.2 Å². The fraction of sp³-hybridized carbons (Fsp3) is 0.700. The van der Waals surface area contributed by atoms with Crippen LogP contribution in [-0.4, -0.2) is 73.2 Å². The van der Waals surface area contributed by atoms with Gasteiger partial charge in [-0.3, -0.25) is 14.2 Å². The molecule has 3 fully saturated rings. The van der Waals surface area contributed by atoms with E-state index in [0.29, 0.717) is 22.9 Å². The molecular weight excluding hydrogens is 597 g/mol. The predicted octanol–water partition coefficient (Wildman–Crippen LogP) is 5.23. The summed E-state index contributed by atoms with van der Waals surface area (Å²) in [5.74, 6) is -1.82. The number of nitrogens with one attached hydrogen (secondary N) is 2. The number of aliphatic hydroxyl groups is 1. The summed E-state index contributed by atoms with van der Waals surface area (Å²) < 4.78 is 29.6. The highest BCUT2D eigenvalue weighted by Gasteiger charge is 2.45. The highest BCUT2D eigenvalue weighted by atomic mass is 35.5. The third-order valence-corrected chi connectivity index (χ3v) is 11.0. The number of benzene rings is 1. The maximum atomic E-state index is 13.9. The first kappa shape index (κ1) is 35.3. The Hall–Kier alpha value is -2.17. The number of amides is 3. The van der Waals surface area contributed by atoms with Crippen LogP contribution >= 0.6 is 19.2 Å². The summed E-state index contributed by atoms with van der Waals surface area (Å²) in [4.78, 5) is 40.7. The van der Waals surface area contributed by atoms with Crippen LogP contribution in [0.4, 0.5) is 4.79 Å². The van der Waals surface area contributed by atoms with E-state index in [1.54, 1.807) is 52.2 Å². The largest absolute Gasteiger partial charge is 0.445 e. The summed E-state index contributed by atoms with van der Waals surface area (Å²) in [6.45, 7) is 3.23. The molecule has 0 aliphatic heterocycles. The highest BCUT2D eigenvalue weighted by Crippen LogP contribution is 2.54. The Morgan fingerprint density at radius 3 is 2.28 bits per heavy atom. The van der Waals surface area contributed by atoms with Crippen LogP contribution in [0.2, 0.25) is 5.02 Å². The van der Waals surface area contributed by atoms with Crippen molar-refractivity contribution in [2.75, 3.05) is 27.3 Å². The molecule has 1 aromatic carbocycles. The minimum atomic E-state index is -4.07. The Morgan fingerprint density at radius 2 is 1.72 bits per heavy atom. The molecule has 2 unspecified atom stereocenters. The molecule has 3 N–H and O–H groups in total. The molecule has 2 bridgehead atoms. The number of aliphatic hydroxyl groups excluding tert-OH is 1. The second kappa shape index (κ2) is 16.2. The number of fused-ring (bicyclic) bond motifs is 3. The molecular formula is C30H47ClN3O8P. The lowest BCUT2D eigenvalue weighted by Gasteiger charge is -2.48. The lowest BCUT2D eigenvalue weighted by Crippen LogP contribution is -2.55. The van der Waals surface area contributed by atoms with Gasteiger partial charge in [-0.2, -0.15) is 0 Å². The van der Waals surface area contributed by atoms with Gasteiger partial charge in [0.2, 0.25) is 11.8 Å². The standard InChI is InChI=1S/C30H47ClN3O8P/c1-5-41-43(39,42-6-2)28(37)24(10-11-26(35)34(3)4)32-27(36)25(19-30-15-12-21(13-16-30)14-17-30)33-29(38)40-20-22-8-7-9-23(31)18-22/h7-9,18,21,24-25,28,37H,5-6,10-17,19-20H2,1-4H3,(H,32,36)(H,33,38)/t21?,24-,25?,28?,30?/m0/s1. The monoisotopic (exact) mass is 643 g/mol. The zero-order valence-corrected chi connectivity index (χ0v) is 27.3. The van der Waals surface area contributed by atoms with Gasteiger partial charge in [0.05, 0.1) is 19.3 Å². The summed E-state index contributed by atoms with van der Waals surface area (Å²) in [7, 11) is -0.864. The average molecular weight is 644 g/mol. The Balaban J connectivity index is 1.81. The molecule has 0 spiro atoms. The highest BCUT2D eigenvalue weighted by molar-refractivity contribution is 7.54. The van der Waals surface area contributed by atoms with E-state index < -0.39 is 37.5 Å². The maximum absolute atomic E-state index is 13.9. The number of ether oxygens (including phenoxy) is 1. The second-order valence-electron chi connectivity index (χ2n) is 11.8. The Labute approximate surface area is 259 Å². The molecule has 0 heterocycles. The zero-order chi connectivity index (χ0) is 31.6. The molecule has 0 radical (unpaired) electrons. The number of hydrogen-bond acceptors (Lipinski definition) is 8. The molecule has 3 amide bonds. The summed E-state index contributed by atoms with van der Waals surface area (Å²) >= 11 is 6.05. The first-order chi connectivity index (χ1) is 20.4. The quantitative estimate of drug-likeness (QED) is 0.208. The van der Waals surface area contributed by atoms with Crippen LogP contribution in [0.5, 0.6) is 0 Å². The van der Waals surface area contributed by atoms with Crippen molar-refractivity contribution in [2.24, 2.45) is 11.3 Å². The summed E-state index contributed by atoms with van der Waals surface area (Å²) in [5.41, 5.74) is 0.599. The lowest BCUT2D eigenvalue weighted by molar-refractivity contribution is -0.130. The van der Waals surface area contributed by atoms with E-state index in [9.17, 15) is 24.1 Å². The minimum Gasteiger partial charge on any atom is -0.445 e. The Bertz CT molecular complexity index is 1120. The topological polar surface area (TPSA) is 144 Å². The van der Waals surface area contributed by atoms with Crippen molar-refractivity contribution in [3.8, 4) is 0 Å². The van der Waals surface area contributed by atoms with Crippen molar-refractivity contribution >= 4 is 37.1 Å². The SMILES string of the molecule is CCOP(=O)(OCC)C(O)[C@H](CCC(=O)N(C)C)NC(=O)C(CC12CCC(CC1)CC2)NC(=O)OCc1cccc(Cl)c1. The van der Waals surface area contributed by atoms with Crippen molar-refractivity contribution in [1.82, 2.24) is 15.5 Å². The van der Waals surface area contributed by atoms with Crippen LogP contribution in [-0.2, 0) is 34.5 Å². The molecule has 3 aliphatic rings. The van der Waals surface area contributed by atoms with Gasteiger partial charge in [-0.1, -0.05) is 23.7 Å². The van der Waals surface area contributed by atoms with E-state index in [2.05, 4.69) is 10.6 Å². The lowest BCUT2D eigenvalue weighted by atomic mass is 9.58. The zero-order valence-electron chi connectivity index (χ0n) is 25.7. The Morgan fingerprint density at radius 1 is 1.09 bits per heavy atom. The number of alkyl carbamates (subject to hydrolysis) is 1. The van der Waals surface area contributed by atoms with Crippen LogP contribution in [0.1, 0.15) is 77.2 Å². The third kappa shape index (κ3) is 10.2. The number of halogens is 1. The first-order valence-electron chi connectivity index (χ1n) is 15.2. The number of carbonyl (C=O) groups is 3. The molecule has 0 aromatic heterocycles. The average Bonchev–Trinajstić information content (AvgIpc) is 2.98. The summed E-state index contributed by atoms with van der Waals surface area (Å²) in [6, 6.07) is 4.80. The van der Waals surface area contributed by atoms with Gasteiger partial charge in [0.25, 0.3) is 0 Å². The van der Waals surface area contributed by atoms with E-state index in [4.69, 9.17) is 25.4 Å². The predicted molar refractivity (Wildman–Crippen MR) is 164 cm³/mol. The molecule has 43 heavy (non-hydrogen) atoms. The van der Waals surface area contributed by atoms with Gasteiger partial charge in [0, 0.05) is 25.5 Å². The van der Waals surface area contributed by atoms with Gasteiger partial charge >= 0.3 is 13.7 Å². The maximum Gasteiger partial charge on any atom is 0.408 e. The molecule has 242 valence electrons. The van der Waals surface area contributed by atoms with E-state index in [-0.39, 0.29) is 44.0 Å². The molecule has 3 saturated carbocycles. The van der Waals surface area contributed by atoms with E-state index in [1.165, 1.54) is 4.90 Å².